The zero-order valence-electron chi connectivity index (χ0n) is 10.9. The molecule has 0 amide bonds. The molecule has 0 aliphatic carbocycles. The smallest absolute Gasteiger partial charge is 0.336 e. The molecule has 104 valence electrons. The minimum Gasteiger partial charge on any atom is -0.497 e. The maximum absolute atomic E-state index is 14.1. The van der Waals surface area contributed by atoms with Gasteiger partial charge >= 0.3 is 5.97 Å². The monoisotopic (exact) mass is 278 g/mol. The van der Waals surface area contributed by atoms with Gasteiger partial charge in [-0.2, -0.15) is 0 Å². The van der Waals surface area contributed by atoms with Crippen molar-refractivity contribution in [2.75, 3.05) is 7.11 Å². The van der Waals surface area contributed by atoms with Crippen LogP contribution in [-0.2, 0) is 0 Å². The van der Waals surface area contributed by atoms with E-state index in [1.807, 2.05) is 0 Å². The van der Waals surface area contributed by atoms with Crippen LogP contribution in [0.1, 0.15) is 15.9 Å². The van der Waals surface area contributed by atoms with Gasteiger partial charge in [-0.15, -0.1) is 0 Å². The molecule has 2 aromatic carbocycles. The fourth-order valence-corrected chi connectivity index (χ4v) is 1.95. The molecule has 0 saturated carbocycles. The van der Waals surface area contributed by atoms with Gasteiger partial charge in [0.2, 0.25) is 0 Å². The molecule has 5 heteroatoms. The maximum Gasteiger partial charge on any atom is 0.336 e. The highest BCUT2D eigenvalue weighted by molar-refractivity contribution is 5.96. The lowest BCUT2D eigenvalue weighted by Crippen LogP contribution is -2.03. The third-order valence-electron chi connectivity index (χ3n) is 3.01. The van der Waals surface area contributed by atoms with E-state index in [0.717, 1.165) is 6.07 Å². The summed E-state index contributed by atoms with van der Waals surface area (Å²) in [5.74, 6) is -2.54. The second-order valence-corrected chi connectivity index (χ2v) is 4.27. The molecular weight excluding hydrogens is 266 g/mol. The fraction of sp³-hybridized carbons (Fsp3) is 0.133. The largest absolute Gasteiger partial charge is 0.497 e. The molecule has 0 bridgehead atoms. The van der Waals surface area contributed by atoms with E-state index in [4.69, 9.17) is 4.74 Å². The Balaban J connectivity index is 2.76. The van der Waals surface area contributed by atoms with Crippen molar-refractivity contribution in [1.29, 1.82) is 0 Å². The quantitative estimate of drug-likeness (QED) is 0.932. The predicted octanol–water partition coefficient (Wildman–Crippen LogP) is 3.65. The minimum atomic E-state index is -1.28. The van der Waals surface area contributed by atoms with Crippen LogP contribution < -0.4 is 4.74 Å². The van der Waals surface area contributed by atoms with E-state index >= 15 is 0 Å². The van der Waals surface area contributed by atoms with Crippen molar-refractivity contribution in [3.05, 3.63) is 53.1 Å². The molecule has 20 heavy (non-hydrogen) atoms. The summed E-state index contributed by atoms with van der Waals surface area (Å²) < 4.78 is 32.9. The molecule has 0 atom stereocenters. The number of carboxylic acids is 1. The average Bonchev–Trinajstić information content (AvgIpc) is 2.43. The van der Waals surface area contributed by atoms with Crippen LogP contribution in [0.15, 0.2) is 30.3 Å². The molecule has 0 saturated heterocycles. The normalized spacial score (nSPS) is 10.4. The molecule has 0 fully saturated rings. The molecule has 0 unspecified atom stereocenters. The molecule has 3 nitrogen and oxygen atoms in total. The first-order chi connectivity index (χ1) is 9.45. The van der Waals surface area contributed by atoms with Crippen LogP contribution in [0.5, 0.6) is 5.75 Å². The van der Waals surface area contributed by atoms with Gasteiger partial charge < -0.3 is 9.84 Å². The molecule has 0 heterocycles. The lowest BCUT2D eigenvalue weighted by Gasteiger charge is -2.11. The van der Waals surface area contributed by atoms with Gasteiger partial charge in [-0.25, -0.2) is 13.6 Å². The molecular formula is C15H12F2O3. The van der Waals surface area contributed by atoms with Crippen LogP contribution in [0.2, 0.25) is 0 Å². The van der Waals surface area contributed by atoms with Crippen molar-refractivity contribution < 1.29 is 23.4 Å². The van der Waals surface area contributed by atoms with E-state index in [1.54, 1.807) is 0 Å². The second kappa shape index (κ2) is 5.28. The molecule has 0 spiro atoms. The summed E-state index contributed by atoms with van der Waals surface area (Å²) in [5.41, 5.74) is -0.330. The summed E-state index contributed by atoms with van der Waals surface area (Å²) in [6.45, 7) is 1.49. The van der Waals surface area contributed by atoms with Gasteiger partial charge in [0, 0.05) is 5.56 Å². The topological polar surface area (TPSA) is 46.5 Å². The molecule has 0 radical (unpaired) electrons. The number of carbonyl (C=O) groups is 1. The van der Waals surface area contributed by atoms with Gasteiger partial charge in [-0.3, -0.25) is 0 Å². The number of methoxy groups -OCH3 is 1. The van der Waals surface area contributed by atoms with Crippen LogP contribution in [0.25, 0.3) is 11.1 Å². The van der Waals surface area contributed by atoms with E-state index in [-0.39, 0.29) is 22.3 Å². The highest BCUT2D eigenvalue weighted by atomic mass is 19.1. The van der Waals surface area contributed by atoms with Crippen molar-refractivity contribution in [3.63, 3.8) is 0 Å². The molecule has 0 aromatic heterocycles. The maximum atomic E-state index is 14.1. The SMILES string of the molecule is COc1ccc(-c2c(F)ccc(C)c2F)c(C(=O)O)c1. The van der Waals surface area contributed by atoms with Crippen molar-refractivity contribution >= 4 is 5.97 Å². The number of rotatable bonds is 3. The third kappa shape index (κ3) is 2.34. The molecule has 0 aliphatic heterocycles. The Labute approximate surface area is 114 Å². The van der Waals surface area contributed by atoms with E-state index in [0.29, 0.717) is 5.75 Å². The lowest BCUT2D eigenvalue weighted by atomic mass is 9.96. The van der Waals surface area contributed by atoms with Gasteiger partial charge in [0.25, 0.3) is 0 Å². The van der Waals surface area contributed by atoms with E-state index < -0.39 is 17.6 Å². The van der Waals surface area contributed by atoms with Crippen molar-refractivity contribution in [2.45, 2.75) is 6.92 Å². The number of carboxylic acid groups (broad SMARTS) is 1. The zero-order chi connectivity index (χ0) is 14.9. The third-order valence-corrected chi connectivity index (χ3v) is 3.01. The minimum absolute atomic E-state index is 0.0167. The highest BCUT2D eigenvalue weighted by Gasteiger charge is 2.20. The zero-order valence-corrected chi connectivity index (χ0v) is 10.9. The van der Waals surface area contributed by atoms with Crippen molar-refractivity contribution in [1.82, 2.24) is 0 Å². The van der Waals surface area contributed by atoms with Crippen molar-refractivity contribution in [3.8, 4) is 16.9 Å². The lowest BCUT2D eigenvalue weighted by molar-refractivity contribution is 0.0697. The Morgan fingerprint density at radius 1 is 1.20 bits per heavy atom. The number of aryl methyl sites for hydroxylation is 1. The first-order valence-corrected chi connectivity index (χ1v) is 5.82. The van der Waals surface area contributed by atoms with Gasteiger partial charge in [-0.1, -0.05) is 6.07 Å². The standard InChI is InChI=1S/C15H12F2O3/c1-8-3-6-12(16)13(14(8)17)10-5-4-9(20-2)7-11(10)15(18)19/h3-7H,1-2H3,(H,18,19). The second-order valence-electron chi connectivity index (χ2n) is 4.27. The Morgan fingerprint density at radius 3 is 2.50 bits per heavy atom. The first kappa shape index (κ1) is 14.0. The Hall–Kier alpha value is -2.43. The Morgan fingerprint density at radius 2 is 1.90 bits per heavy atom. The van der Waals surface area contributed by atoms with Crippen LogP contribution in [-0.4, -0.2) is 18.2 Å². The summed E-state index contributed by atoms with van der Waals surface area (Å²) in [4.78, 5) is 11.3. The fourth-order valence-electron chi connectivity index (χ4n) is 1.95. The van der Waals surface area contributed by atoms with Gasteiger partial charge in [0.15, 0.2) is 0 Å². The molecule has 0 aliphatic rings. The van der Waals surface area contributed by atoms with Crippen molar-refractivity contribution in [2.24, 2.45) is 0 Å². The Bertz CT molecular complexity index is 681. The summed E-state index contributed by atoms with van der Waals surface area (Å²) in [6, 6.07) is 6.45. The summed E-state index contributed by atoms with van der Waals surface area (Å²) >= 11 is 0. The average molecular weight is 278 g/mol. The summed E-state index contributed by atoms with van der Waals surface area (Å²) in [7, 11) is 1.38. The number of aromatic carboxylic acids is 1. The predicted molar refractivity (Wildman–Crippen MR) is 70.0 cm³/mol. The summed E-state index contributed by atoms with van der Waals surface area (Å²) in [6.07, 6.45) is 0. The number of benzene rings is 2. The number of halogens is 2. The number of ether oxygens (including phenoxy) is 1. The van der Waals surface area contributed by atoms with Gasteiger partial charge in [0.05, 0.1) is 18.2 Å². The highest BCUT2D eigenvalue weighted by Crippen LogP contribution is 2.32. The van der Waals surface area contributed by atoms with E-state index in [9.17, 15) is 18.7 Å². The van der Waals surface area contributed by atoms with Gasteiger partial charge in [0.1, 0.15) is 17.4 Å². The summed E-state index contributed by atoms with van der Waals surface area (Å²) in [5, 5.41) is 9.20. The Kier molecular flexibility index (Phi) is 3.70. The van der Waals surface area contributed by atoms with Crippen LogP contribution in [0.3, 0.4) is 0 Å². The van der Waals surface area contributed by atoms with E-state index in [1.165, 1.54) is 38.3 Å². The van der Waals surface area contributed by atoms with Crippen LogP contribution >= 0.6 is 0 Å². The number of hydrogen-bond acceptors (Lipinski definition) is 2. The molecule has 2 aromatic rings. The molecule has 1 N–H and O–H groups in total. The van der Waals surface area contributed by atoms with Gasteiger partial charge in [-0.05, 0) is 36.8 Å². The van der Waals surface area contributed by atoms with Crippen LogP contribution in [0, 0.1) is 18.6 Å². The van der Waals surface area contributed by atoms with Crippen LogP contribution in [0.4, 0.5) is 8.78 Å². The molecule has 2 rings (SSSR count). The van der Waals surface area contributed by atoms with E-state index in [2.05, 4.69) is 0 Å². The first-order valence-electron chi connectivity index (χ1n) is 5.82. The number of hydrogen-bond donors (Lipinski definition) is 1.